The zero-order chi connectivity index (χ0) is 26.7. The predicted molar refractivity (Wildman–Crippen MR) is 148 cm³/mol. The number of carbonyl (C=O) groups excluding carboxylic acids is 4. The molecule has 4 aromatic carbocycles. The van der Waals surface area contributed by atoms with Gasteiger partial charge in [-0.3, -0.25) is 0 Å². The third-order valence-corrected chi connectivity index (χ3v) is 6.92. The van der Waals surface area contributed by atoms with Crippen LogP contribution in [0.3, 0.4) is 0 Å². The molecule has 0 bridgehead atoms. The molecule has 0 aliphatic heterocycles. The molecule has 0 aliphatic carbocycles. The van der Waals surface area contributed by atoms with Crippen LogP contribution in [0.2, 0.25) is 0 Å². The van der Waals surface area contributed by atoms with Gasteiger partial charge in [0.2, 0.25) is 0 Å². The molecule has 4 rings (SSSR count). The molecule has 4 nitrogen and oxygen atoms in total. The van der Waals surface area contributed by atoms with E-state index in [2.05, 4.69) is 0 Å². The second kappa shape index (κ2) is 12.0. The standard InChI is InChI=1S/C32H28BO4.Na/c1-21-5-13-25(14-6-21)29(34)33(30(35)26-15-7-22(2)8-16-26,31(36)27-17-9-23(3)10-18-27)32(37)28-19-11-24(4)12-20-28;/h5-20H,1-4H3;/q-1;+1. The second-order valence-corrected chi connectivity index (χ2v) is 9.79. The summed E-state index contributed by atoms with van der Waals surface area (Å²) in [5.74, 6) is 0. The number of hydrogen-bond acceptors (Lipinski definition) is 4. The van der Waals surface area contributed by atoms with E-state index in [1.165, 1.54) is 0 Å². The summed E-state index contributed by atoms with van der Waals surface area (Å²) >= 11 is 0. The predicted octanol–water partition coefficient (Wildman–Crippen LogP) is 3.36. The topological polar surface area (TPSA) is 68.3 Å². The van der Waals surface area contributed by atoms with Gasteiger partial charge in [0.05, 0.1) is 0 Å². The molecule has 0 saturated heterocycles. The molecule has 4 aromatic rings. The van der Waals surface area contributed by atoms with E-state index in [4.69, 9.17) is 0 Å². The van der Waals surface area contributed by atoms with Crippen molar-refractivity contribution in [3.63, 3.8) is 0 Å². The van der Waals surface area contributed by atoms with Crippen LogP contribution in [0.1, 0.15) is 63.7 Å². The van der Waals surface area contributed by atoms with E-state index in [-0.39, 0.29) is 51.8 Å². The van der Waals surface area contributed by atoms with E-state index in [1.54, 1.807) is 97.1 Å². The molecule has 0 unspecified atom stereocenters. The average Bonchev–Trinajstić information content (AvgIpc) is 2.90. The molecule has 0 amide bonds. The van der Waals surface area contributed by atoms with Crippen molar-refractivity contribution in [1.82, 2.24) is 0 Å². The number of aryl methyl sites for hydroxylation is 4. The SMILES string of the molecule is Cc1ccc(C(=O)[B-](C(=O)c2ccc(C)cc2)(C(=O)c2ccc(C)cc2)C(=O)c2ccc(C)cc2)cc1.[Na+]. The molecule has 0 spiro atoms. The molecule has 38 heavy (non-hydrogen) atoms. The summed E-state index contributed by atoms with van der Waals surface area (Å²) < 4.78 is 0. The Bertz CT molecular complexity index is 1250. The van der Waals surface area contributed by atoms with Crippen LogP contribution < -0.4 is 29.6 Å². The zero-order valence-corrected chi connectivity index (χ0v) is 24.4. The molecular weight excluding hydrogens is 482 g/mol. The first-order chi connectivity index (χ1) is 17.6. The fourth-order valence-electron chi connectivity index (χ4n) is 4.59. The Balaban J connectivity index is 0.00000400. The van der Waals surface area contributed by atoms with Crippen molar-refractivity contribution in [3.05, 3.63) is 142 Å². The van der Waals surface area contributed by atoms with Crippen molar-refractivity contribution >= 4 is 28.9 Å². The monoisotopic (exact) mass is 510 g/mol. The van der Waals surface area contributed by atoms with Crippen LogP contribution in [-0.2, 0) is 0 Å². The quantitative estimate of drug-likeness (QED) is 0.341. The van der Waals surface area contributed by atoms with E-state index in [9.17, 15) is 19.2 Å². The summed E-state index contributed by atoms with van der Waals surface area (Å²) in [6.07, 6.45) is -3.61. The fraction of sp³-hybridized carbons (Fsp3) is 0.125. The Labute approximate surface area is 245 Å². The largest absolute Gasteiger partial charge is 1.00 e. The van der Waals surface area contributed by atoms with Crippen molar-refractivity contribution in [1.29, 1.82) is 0 Å². The van der Waals surface area contributed by atoms with Gasteiger partial charge in [0.1, 0.15) is 0 Å². The molecule has 0 aliphatic rings. The number of benzene rings is 4. The second-order valence-electron chi connectivity index (χ2n) is 9.79. The summed E-state index contributed by atoms with van der Waals surface area (Å²) in [6.45, 7) is 7.50. The first-order valence-corrected chi connectivity index (χ1v) is 12.3. The maximum atomic E-state index is 14.4. The summed E-state index contributed by atoms with van der Waals surface area (Å²) in [4.78, 5) is 57.6. The van der Waals surface area contributed by atoms with Gasteiger partial charge >= 0.3 is 29.6 Å². The molecule has 0 atom stereocenters. The Morgan fingerprint density at radius 3 is 0.684 bits per heavy atom. The van der Waals surface area contributed by atoms with Gasteiger partial charge in [-0.2, -0.15) is 0 Å². The summed E-state index contributed by atoms with van der Waals surface area (Å²) in [5, 5.41) is 0. The van der Waals surface area contributed by atoms with Crippen LogP contribution in [0.25, 0.3) is 0 Å². The van der Waals surface area contributed by atoms with Gasteiger partial charge in [0.25, 0.3) is 6.15 Å². The smallest absolute Gasteiger partial charge is 0.340 e. The Hall–Kier alpha value is -3.38. The molecular formula is C32H28BNaO4. The normalized spacial score (nSPS) is 10.8. The molecule has 0 N–H and O–H groups in total. The maximum Gasteiger partial charge on any atom is 1.00 e. The van der Waals surface area contributed by atoms with Gasteiger partial charge in [-0.05, 0) is 49.9 Å². The van der Waals surface area contributed by atoms with Gasteiger partial charge < -0.3 is 19.2 Å². The molecule has 184 valence electrons. The minimum Gasteiger partial charge on any atom is -0.340 e. The van der Waals surface area contributed by atoms with E-state index < -0.39 is 28.9 Å². The van der Waals surface area contributed by atoms with Crippen LogP contribution in [0.15, 0.2) is 97.1 Å². The molecule has 0 heterocycles. The van der Waals surface area contributed by atoms with E-state index in [1.807, 2.05) is 27.7 Å². The number of hydrogen-bond donors (Lipinski definition) is 0. The van der Waals surface area contributed by atoms with Gasteiger partial charge in [-0.1, -0.05) is 119 Å². The maximum absolute atomic E-state index is 14.4. The minimum atomic E-state index is -3.61. The van der Waals surface area contributed by atoms with Gasteiger partial charge in [0, 0.05) is 22.7 Å². The first kappa shape index (κ1) is 29.2. The number of carbonyl (C=O) groups is 4. The molecule has 0 radical (unpaired) electrons. The van der Waals surface area contributed by atoms with E-state index in [0.29, 0.717) is 0 Å². The van der Waals surface area contributed by atoms with Crippen molar-refractivity contribution < 1.29 is 48.7 Å². The van der Waals surface area contributed by atoms with Crippen LogP contribution in [0.4, 0.5) is 0 Å². The van der Waals surface area contributed by atoms with Crippen molar-refractivity contribution in [2.24, 2.45) is 0 Å². The fourth-order valence-corrected chi connectivity index (χ4v) is 4.59. The van der Waals surface area contributed by atoms with E-state index in [0.717, 1.165) is 22.3 Å². The summed E-state index contributed by atoms with van der Waals surface area (Å²) in [5.41, 5.74) is 1.12. The van der Waals surface area contributed by atoms with Gasteiger partial charge in [-0.15, -0.1) is 0 Å². The van der Waals surface area contributed by atoms with Crippen molar-refractivity contribution in [2.75, 3.05) is 0 Å². The molecule has 6 heteroatoms. The minimum absolute atomic E-state index is 0. The third-order valence-electron chi connectivity index (χ3n) is 6.92. The molecule has 0 fully saturated rings. The Kier molecular flexibility index (Phi) is 9.21. The Morgan fingerprint density at radius 1 is 0.368 bits per heavy atom. The van der Waals surface area contributed by atoms with E-state index >= 15 is 0 Å². The van der Waals surface area contributed by atoms with Crippen LogP contribution >= 0.6 is 0 Å². The molecule has 0 aromatic heterocycles. The zero-order valence-electron chi connectivity index (χ0n) is 22.4. The van der Waals surface area contributed by atoms with Gasteiger partial charge in [-0.25, -0.2) is 0 Å². The van der Waals surface area contributed by atoms with Crippen molar-refractivity contribution in [3.8, 4) is 0 Å². The third kappa shape index (κ3) is 5.56. The first-order valence-electron chi connectivity index (χ1n) is 12.3. The number of rotatable bonds is 8. The van der Waals surface area contributed by atoms with Crippen LogP contribution in [-0.4, -0.2) is 28.9 Å². The van der Waals surface area contributed by atoms with Crippen molar-refractivity contribution in [2.45, 2.75) is 27.7 Å². The summed E-state index contributed by atoms with van der Waals surface area (Å²) in [7, 11) is 0. The summed E-state index contributed by atoms with van der Waals surface area (Å²) in [6, 6.07) is 26.4. The Morgan fingerprint density at radius 2 is 0.526 bits per heavy atom. The molecule has 0 saturated carbocycles. The van der Waals surface area contributed by atoms with Crippen LogP contribution in [0, 0.1) is 27.7 Å². The van der Waals surface area contributed by atoms with Gasteiger partial charge in [0.15, 0.2) is 0 Å². The average molecular weight is 510 g/mol. The van der Waals surface area contributed by atoms with Crippen LogP contribution in [0.5, 0.6) is 0 Å².